The van der Waals surface area contributed by atoms with Gasteiger partial charge >= 0.3 is 5.97 Å². The molecule has 3 N–H and O–H groups in total. The quantitative estimate of drug-likeness (QED) is 0.385. The van der Waals surface area contributed by atoms with Crippen molar-refractivity contribution in [1.29, 1.82) is 5.26 Å². The van der Waals surface area contributed by atoms with Crippen molar-refractivity contribution in [2.24, 2.45) is 0 Å². The molecule has 0 aliphatic rings. The van der Waals surface area contributed by atoms with Crippen molar-refractivity contribution in [1.82, 2.24) is 10.6 Å². The van der Waals surface area contributed by atoms with Gasteiger partial charge in [-0.25, -0.2) is 0 Å². The Morgan fingerprint density at radius 3 is 2.64 bits per heavy atom. The predicted molar refractivity (Wildman–Crippen MR) is 81.6 cm³/mol. The van der Waals surface area contributed by atoms with E-state index in [1.165, 1.54) is 6.20 Å². The smallest absolute Gasteiger partial charge is 0.303 e. The fraction of sp³-hybridized carbons (Fsp3) is 0.312. The van der Waals surface area contributed by atoms with Crippen LogP contribution in [0.25, 0.3) is 0 Å². The maximum Gasteiger partial charge on any atom is 0.303 e. The molecule has 0 saturated carbocycles. The lowest BCUT2D eigenvalue weighted by Crippen LogP contribution is -2.28. The molecule has 0 aliphatic carbocycles. The molecule has 6 nitrogen and oxygen atoms in total. The Hall–Kier alpha value is -2.81. The summed E-state index contributed by atoms with van der Waals surface area (Å²) in [5, 5.41) is 23.0. The predicted octanol–water partition coefficient (Wildman–Crippen LogP) is 1.73. The fourth-order valence-electron chi connectivity index (χ4n) is 1.76. The number of amides is 1. The van der Waals surface area contributed by atoms with Gasteiger partial charge in [-0.15, -0.1) is 0 Å². The largest absolute Gasteiger partial charge is 0.481 e. The van der Waals surface area contributed by atoms with Crippen molar-refractivity contribution in [2.75, 3.05) is 6.54 Å². The molecule has 0 aliphatic heterocycles. The molecule has 0 heterocycles. The Labute approximate surface area is 129 Å². The van der Waals surface area contributed by atoms with Crippen LogP contribution in [0.1, 0.15) is 31.4 Å². The minimum atomic E-state index is -0.874. The average Bonchev–Trinajstić information content (AvgIpc) is 2.51. The first kappa shape index (κ1) is 17.2. The lowest BCUT2D eigenvalue weighted by atomic mass is 10.1. The van der Waals surface area contributed by atoms with E-state index in [1.54, 1.807) is 0 Å². The minimum absolute atomic E-state index is 0.0416. The fourth-order valence-corrected chi connectivity index (χ4v) is 1.76. The number of nitriles is 1. The normalized spacial score (nSPS) is 12.1. The standard InChI is InChI=1S/C16H19N3O3/c1-12(13-6-3-2-4-7-13)19-16(22)14(10-17)11-18-9-5-8-15(20)21/h2-4,6-7,11-12,18H,5,8-9H2,1H3,(H,19,22)(H,20,21)/b14-11-. The van der Waals surface area contributed by atoms with Crippen LogP contribution in [0, 0.1) is 11.3 Å². The molecule has 1 rings (SSSR count). The van der Waals surface area contributed by atoms with Gasteiger partial charge in [0.15, 0.2) is 0 Å². The molecule has 0 fully saturated rings. The second-order valence-corrected chi connectivity index (χ2v) is 4.73. The minimum Gasteiger partial charge on any atom is -0.481 e. The zero-order valence-corrected chi connectivity index (χ0v) is 12.4. The number of hydrogen-bond donors (Lipinski definition) is 3. The van der Waals surface area contributed by atoms with Crippen LogP contribution in [0.4, 0.5) is 0 Å². The van der Waals surface area contributed by atoms with Gasteiger partial charge in [0.2, 0.25) is 0 Å². The molecule has 1 aromatic carbocycles. The van der Waals surface area contributed by atoms with Gasteiger partial charge in [-0.05, 0) is 18.9 Å². The number of aliphatic carboxylic acids is 1. The van der Waals surface area contributed by atoms with Crippen molar-refractivity contribution >= 4 is 11.9 Å². The highest BCUT2D eigenvalue weighted by Gasteiger charge is 2.13. The van der Waals surface area contributed by atoms with Crippen molar-refractivity contribution in [2.45, 2.75) is 25.8 Å². The van der Waals surface area contributed by atoms with E-state index in [0.717, 1.165) is 5.56 Å². The number of carbonyl (C=O) groups excluding carboxylic acids is 1. The Morgan fingerprint density at radius 2 is 2.05 bits per heavy atom. The van der Waals surface area contributed by atoms with E-state index in [9.17, 15) is 9.59 Å². The molecule has 116 valence electrons. The van der Waals surface area contributed by atoms with Crippen molar-refractivity contribution in [3.63, 3.8) is 0 Å². The second kappa shape index (κ2) is 9.19. The van der Waals surface area contributed by atoms with Gasteiger partial charge in [-0.1, -0.05) is 30.3 Å². The number of rotatable bonds is 8. The summed E-state index contributed by atoms with van der Waals surface area (Å²) in [6.07, 6.45) is 1.78. The summed E-state index contributed by atoms with van der Waals surface area (Å²) in [5.41, 5.74) is 0.903. The lowest BCUT2D eigenvalue weighted by molar-refractivity contribution is -0.137. The molecule has 1 atom stereocenters. The molecule has 0 spiro atoms. The summed E-state index contributed by atoms with van der Waals surface area (Å²) in [6, 6.07) is 11.0. The summed E-state index contributed by atoms with van der Waals surface area (Å²) in [4.78, 5) is 22.4. The number of carboxylic acids is 1. The highest BCUT2D eigenvalue weighted by Crippen LogP contribution is 2.11. The molecule has 1 unspecified atom stereocenters. The first-order valence-corrected chi connectivity index (χ1v) is 6.96. The van der Waals surface area contributed by atoms with Crippen LogP contribution in [0.15, 0.2) is 42.1 Å². The third kappa shape index (κ3) is 6.09. The molecule has 1 aromatic rings. The van der Waals surface area contributed by atoms with Gasteiger partial charge in [0, 0.05) is 19.2 Å². The van der Waals surface area contributed by atoms with Crippen LogP contribution < -0.4 is 10.6 Å². The molecule has 0 bridgehead atoms. The number of nitrogens with one attached hydrogen (secondary N) is 2. The lowest BCUT2D eigenvalue weighted by Gasteiger charge is -2.13. The van der Waals surface area contributed by atoms with Gasteiger partial charge < -0.3 is 15.7 Å². The molecule has 6 heteroatoms. The zero-order valence-electron chi connectivity index (χ0n) is 12.4. The molecular formula is C16H19N3O3. The third-order valence-electron chi connectivity index (χ3n) is 2.97. The van der Waals surface area contributed by atoms with Crippen molar-refractivity contribution < 1.29 is 14.7 Å². The second-order valence-electron chi connectivity index (χ2n) is 4.73. The Balaban J connectivity index is 2.50. The number of carboxylic acid groups (broad SMARTS) is 1. The zero-order chi connectivity index (χ0) is 16.4. The monoisotopic (exact) mass is 301 g/mol. The van der Waals surface area contributed by atoms with Gasteiger partial charge in [0.1, 0.15) is 11.6 Å². The highest BCUT2D eigenvalue weighted by atomic mass is 16.4. The van der Waals surface area contributed by atoms with E-state index in [1.807, 2.05) is 43.3 Å². The molecule has 1 amide bonds. The SMILES string of the molecule is CC(NC(=O)/C(C#N)=C\NCCCC(=O)O)c1ccccc1. The highest BCUT2D eigenvalue weighted by molar-refractivity contribution is 5.97. The van der Waals surface area contributed by atoms with Crippen LogP contribution in [-0.4, -0.2) is 23.5 Å². The number of benzene rings is 1. The van der Waals surface area contributed by atoms with E-state index in [2.05, 4.69) is 10.6 Å². The van der Waals surface area contributed by atoms with Crippen molar-refractivity contribution in [3.8, 4) is 6.07 Å². The summed E-state index contributed by atoms with van der Waals surface area (Å²) in [7, 11) is 0. The molecule has 0 radical (unpaired) electrons. The van der Waals surface area contributed by atoms with Gasteiger partial charge in [-0.3, -0.25) is 9.59 Å². The van der Waals surface area contributed by atoms with Gasteiger partial charge in [-0.2, -0.15) is 5.26 Å². The number of hydrogen-bond acceptors (Lipinski definition) is 4. The summed E-state index contributed by atoms with van der Waals surface area (Å²) >= 11 is 0. The summed E-state index contributed by atoms with van der Waals surface area (Å²) in [5.74, 6) is -1.34. The topological polar surface area (TPSA) is 102 Å². The van der Waals surface area contributed by atoms with Crippen LogP contribution in [0.5, 0.6) is 0 Å². The molecule has 22 heavy (non-hydrogen) atoms. The number of nitrogens with zero attached hydrogens (tertiary/aromatic N) is 1. The van der Waals surface area contributed by atoms with E-state index < -0.39 is 11.9 Å². The summed E-state index contributed by atoms with van der Waals surface area (Å²) < 4.78 is 0. The van der Waals surface area contributed by atoms with E-state index in [-0.39, 0.29) is 18.0 Å². The third-order valence-corrected chi connectivity index (χ3v) is 2.97. The van der Waals surface area contributed by atoms with E-state index in [0.29, 0.717) is 13.0 Å². The first-order chi connectivity index (χ1) is 10.5. The van der Waals surface area contributed by atoms with Crippen LogP contribution in [0.2, 0.25) is 0 Å². The Bertz CT molecular complexity index is 576. The van der Waals surface area contributed by atoms with E-state index in [4.69, 9.17) is 10.4 Å². The Kier molecular flexibility index (Phi) is 7.20. The van der Waals surface area contributed by atoms with Gasteiger partial charge in [0.05, 0.1) is 6.04 Å². The number of carbonyl (C=O) groups is 2. The van der Waals surface area contributed by atoms with Crippen LogP contribution >= 0.6 is 0 Å². The van der Waals surface area contributed by atoms with Crippen LogP contribution in [0.3, 0.4) is 0 Å². The van der Waals surface area contributed by atoms with Crippen molar-refractivity contribution in [3.05, 3.63) is 47.7 Å². The molecule has 0 aromatic heterocycles. The van der Waals surface area contributed by atoms with Gasteiger partial charge in [0.25, 0.3) is 5.91 Å². The maximum absolute atomic E-state index is 12.0. The molecule has 0 saturated heterocycles. The Morgan fingerprint density at radius 1 is 1.36 bits per heavy atom. The first-order valence-electron chi connectivity index (χ1n) is 6.96. The molecular weight excluding hydrogens is 282 g/mol. The average molecular weight is 301 g/mol. The summed E-state index contributed by atoms with van der Waals surface area (Å²) in [6.45, 7) is 2.22. The van der Waals surface area contributed by atoms with E-state index >= 15 is 0 Å². The maximum atomic E-state index is 12.0. The van der Waals surface area contributed by atoms with Crippen LogP contribution in [-0.2, 0) is 9.59 Å².